The van der Waals surface area contributed by atoms with Gasteiger partial charge in [-0.1, -0.05) is 49.7 Å². The second-order valence-electron chi connectivity index (χ2n) is 7.26. The third-order valence-electron chi connectivity index (χ3n) is 4.61. The fourth-order valence-electron chi connectivity index (χ4n) is 3.03. The molecule has 0 saturated heterocycles. The van der Waals surface area contributed by atoms with Crippen molar-refractivity contribution in [2.45, 2.75) is 19.3 Å². The lowest BCUT2D eigenvalue weighted by atomic mass is 9.85. The largest absolute Gasteiger partial charge is 0.384 e. The van der Waals surface area contributed by atoms with Crippen LogP contribution in [0.1, 0.15) is 29.8 Å². The van der Waals surface area contributed by atoms with E-state index in [1.807, 2.05) is 36.4 Å². The lowest BCUT2D eigenvalue weighted by Gasteiger charge is -2.24. The van der Waals surface area contributed by atoms with E-state index < -0.39 is 0 Å². The van der Waals surface area contributed by atoms with E-state index in [9.17, 15) is 4.79 Å². The van der Waals surface area contributed by atoms with Gasteiger partial charge in [-0.15, -0.1) is 0 Å². The zero-order valence-electron chi connectivity index (χ0n) is 16.2. The van der Waals surface area contributed by atoms with Gasteiger partial charge in [0, 0.05) is 35.5 Å². The molecule has 3 rings (SSSR count). The Bertz CT molecular complexity index is 951. The van der Waals surface area contributed by atoms with Crippen LogP contribution in [0.2, 0.25) is 5.02 Å². The summed E-state index contributed by atoms with van der Waals surface area (Å²) < 4.78 is 5.28. The van der Waals surface area contributed by atoms with E-state index in [-0.39, 0.29) is 11.3 Å². The minimum absolute atomic E-state index is 0.0835. The first kappa shape index (κ1) is 20.1. The van der Waals surface area contributed by atoms with E-state index in [1.54, 1.807) is 37.6 Å². The standard InChI is InChI=1S/C23H23ClN2O2/c1-23(2,15-28-3)18-10-12-19(13-11-18)26-22(27)17-8-6-16(7-9-17)21-20(24)5-4-14-25-21/h4-14H,15H2,1-3H3,(H,26,27). The molecule has 0 aliphatic heterocycles. The molecule has 4 nitrogen and oxygen atoms in total. The van der Waals surface area contributed by atoms with Gasteiger partial charge in [0.2, 0.25) is 0 Å². The molecule has 0 aliphatic carbocycles. The van der Waals surface area contributed by atoms with Crippen LogP contribution >= 0.6 is 11.6 Å². The molecule has 1 heterocycles. The number of anilines is 1. The smallest absolute Gasteiger partial charge is 0.255 e. The molecule has 5 heteroatoms. The van der Waals surface area contributed by atoms with Crippen molar-refractivity contribution >= 4 is 23.2 Å². The maximum Gasteiger partial charge on any atom is 0.255 e. The third-order valence-corrected chi connectivity index (χ3v) is 4.91. The number of ether oxygens (including phenoxy) is 1. The van der Waals surface area contributed by atoms with Crippen LogP contribution in [0.25, 0.3) is 11.3 Å². The van der Waals surface area contributed by atoms with Gasteiger partial charge in [-0.05, 0) is 42.0 Å². The summed E-state index contributed by atoms with van der Waals surface area (Å²) in [6, 6.07) is 18.7. The molecule has 0 bridgehead atoms. The Balaban J connectivity index is 1.70. The van der Waals surface area contributed by atoms with Crippen molar-refractivity contribution in [3.05, 3.63) is 83.0 Å². The maximum absolute atomic E-state index is 12.5. The van der Waals surface area contributed by atoms with Crippen molar-refractivity contribution in [1.82, 2.24) is 4.98 Å². The van der Waals surface area contributed by atoms with Crippen molar-refractivity contribution in [1.29, 1.82) is 0 Å². The Morgan fingerprint density at radius 1 is 1.07 bits per heavy atom. The second kappa shape index (κ2) is 8.55. The van der Waals surface area contributed by atoms with Gasteiger partial charge in [0.1, 0.15) is 0 Å². The summed E-state index contributed by atoms with van der Waals surface area (Å²) in [5.74, 6) is -0.164. The molecule has 3 aromatic rings. The quantitative estimate of drug-likeness (QED) is 0.593. The number of methoxy groups -OCH3 is 1. The van der Waals surface area contributed by atoms with Crippen molar-refractivity contribution in [3.8, 4) is 11.3 Å². The van der Waals surface area contributed by atoms with Gasteiger partial charge < -0.3 is 10.1 Å². The molecule has 1 aromatic heterocycles. The zero-order valence-corrected chi connectivity index (χ0v) is 17.0. The Kier molecular flexibility index (Phi) is 6.12. The monoisotopic (exact) mass is 394 g/mol. The fourth-order valence-corrected chi connectivity index (χ4v) is 3.26. The molecular formula is C23H23ClN2O2. The number of carbonyl (C=O) groups excluding carboxylic acids is 1. The lowest BCUT2D eigenvalue weighted by Crippen LogP contribution is -2.23. The van der Waals surface area contributed by atoms with Gasteiger partial charge in [-0.3, -0.25) is 9.78 Å². The Labute approximate surface area is 170 Å². The molecule has 2 aromatic carbocycles. The van der Waals surface area contributed by atoms with E-state index in [0.29, 0.717) is 22.9 Å². The highest BCUT2D eigenvalue weighted by Crippen LogP contribution is 2.26. The Hall–Kier alpha value is -2.69. The van der Waals surface area contributed by atoms with Crippen molar-refractivity contribution in [2.24, 2.45) is 0 Å². The molecule has 1 N–H and O–H groups in total. The van der Waals surface area contributed by atoms with Crippen molar-refractivity contribution < 1.29 is 9.53 Å². The van der Waals surface area contributed by atoms with E-state index in [2.05, 4.69) is 24.1 Å². The molecular weight excluding hydrogens is 372 g/mol. The van der Waals surface area contributed by atoms with Gasteiger partial charge in [0.25, 0.3) is 5.91 Å². The van der Waals surface area contributed by atoms with Crippen LogP contribution < -0.4 is 5.32 Å². The fraction of sp³-hybridized carbons (Fsp3) is 0.217. The van der Waals surface area contributed by atoms with Gasteiger partial charge >= 0.3 is 0 Å². The summed E-state index contributed by atoms with van der Waals surface area (Å²) in [7, 11) is 1.70. The average Bonchev–Trinajstić information content (AvgIpc) is 2.69. The Morgan fingerprint density at radius 3 is 2.36 bits per heavy atom. The average molecular weight is 395 g/mol. The zero-order chi connectivity index (χ0) is 20.1. The van der Waals surface area contributed by atoms with Crippen molar-refractivity contribution in [2.75, 3.05) is 19.0 Å². The molecule has 144 valence electrons. The second-order valence-corrected chi connectivity index (χ2v) is 7.67. The van der Waals surface area contributed by atoms with Crippen LogP contribution in [0.4, 0.5) is 5.69 Å². The number of amides is 1. The molecule has 0 radical (unpaired) electrons. The Morgan fingerprint density at radius 2 is 1.75 bits per heavy atom. The normalized spacial score (nSPS) is 11.3. The highest BCUT2D eigenvalue weighted by Gasteiger charge is 2.20. The first-order valence-corrected chi connectivity index (χ1v) is 9.40. The number of nitrogens with zero attached hydrogens (tertiary/aromatic N) is 1. The van der Waals surface area contributed by atoms with E-state index in [4.69, 9.17) is 16.3 Å². The number of aromatic nitrogens is 1. The summed E-state index contributed by atoms with van der Waals surface area (Å²) >= 11 is 6.18. The van der Waals surface area contributed by atoms with Crippen LogP contribution in [0.3, 0.4) is 0 Å². The van der Waals surface area contributed by atoms with E-state index >= 15 is 0 Å². The summed E-state index contributed by atoms with van der Waals surface area (Å²) in [4.78, 5) is 16.8. The number of carbonyl (C=O) groups is 1. The van der Waals surface area contributed by atoms with Gasteiger partial charge in [0.15, 0.2) is 0 Å². The highest BCUT2D eigenvalue weighted by atomic mass is 35.5. The first-order chi connectivity index (χ1) is 13.4. The first-order valence-electron chi connectivity index (χ1n) is 9.02. The minimum Gasteiger partial charge on any atom is -0.384 e. The molecule has 0 unspecified atom stereocenters. The number of hydrogen-bond acceptors (Lipinski definition) is 3. The van der Waals surface area contributed by atoms with Gasteiger partial charge in [-0.25, -0.2) is 0 Å². The number of hydrogen-bond donors (Lipinski definition) is 1. The van der Waals surface area contributed by atoms with E-state index in [1.165, 1.54) is 0 Å². The molecule has 0 saturated carbocycles. The predicted octanol–water partition coefficient (Wildman–Crippen LogP) is 5.58. The van der Waals surface area contributed by atoms with E-state index in [0.717, 1.165) is 16.8 Å². The molecule has 0 spiro atoms. The van der Waals surface area contributed by atoms with Crippen LogP contribution in [0, 0.1) is 0 Å². The number of benzene rings is 2. The maximum atomic E-state index is 12.5. The number of rotatable bonds is 6. The third kappa shape index (κ3) is 4.58. The number of nitrogens with one attached hydrogen (secondary N) is 1. The lowest BCUT2D eigenvalue weighted by molar-refractivity contribution is 0.102. The topological polar surface area (TPSA) is 51.2 Å². The van der Waals surface area contributed by atoms with Crippen LogP contribution in [-0.2, 0) is 10.2 Å². The molecule has 0 atom stereocenters. The van der Waals surface area contributed by atoms with Crippen molar-refractivity contribution in [3.63, 3.8) is 0 Å². The molecule has 28 heavy (non-hydrogen) atoms. The highest BCUT2D eigenvalue weighted by molar-refractivity contribution is 6.33. The van der Waals surface area contributed by atoms with Crippen LogP contribution in [-0.4, -0.2) is 24.6 Å². The SMILES string of the molecule is COCC(C)(C)c1ccc(NC(=O)c2ccc(-c3ncccc3Cl)cc2)cc1. The number of halogens is 1. The molecule has 0 aliphatic rings. The molecule has 1 amide bonds. The van der Waals surface area contributed by atoms with Crippen LogP contribution in [0.15, 0.2) is 66.9 Å². The summed E-state index contributed by atoms with van der Waals surface area (Å²) in [5.41, 5.74) is 3.96. The number of pyridine rings is 1. The predicted molar refractivity (Wildman–Crippen MR) is 114 cm³/mol. The van der Waals surface area contributed by atoms with Crippen LogP contribution in [0.5, 0.6) is 0 Å². The summed E-state index contributed by atoms with van der Waals surface area (Å²) in [6.07, 6.45) is 1.69. The van der Waals surface area contributed by atoms with Gasteiger partial charge in [-0.2, -0.15) is 0 Å². The minimum atomic E-state index is -0.164. The summed E-state index contributed by atoms with van der Waals surface area (Å²) in [5, 5.41) is 3.51. The molecule has 0 fully saturated rings. The summed E-state index contributed by atoms with van der Waals surface area (Å²) in [6.45, 7) is 4.88. The van der Waals surface area contributed by atoms with Gasteiger partial charge in [0.05, 0.1) is 17.3 Å².